The zero-order chi connectivity index (χ0) is 26.8. The minimum absolute atomic E-state index is 0.0648. The maximum atomic E-state index is 14.1. The van der Waals surface area contributed by atoms with Gasteiger partial charge in [-0.1, -0.05) is 55.6 Å². The lowest BCUT2D eigenvalue weighted by Crippen LogP contribution is -2.29. The van der Waals surface area contributed by atoms with Crippen LogP contribution in [0.1, 0.15) is 59.5 Å². The molecule has 3 aromatic carbocycles. The van der Waals surface area contributed by atoms with Crippen molar-refractivity contribution in [3.8, 4) is 11.5 Å². The number of halogens is 2. The van der Waals surface area contributed by atoms with Crippen LogP contribution in [0.25, 0.3) is 11.0 Å². The van der Waals surface area contributed by atoms with Gasteiger partial charge in [0.15, 0.2) is 16.9 Å². The van der Waals surface area contributed by atoms with E-state index in [0.29, 0.717) is 34.3 Å². The Labute approximate surface area is 224 Å². The molecule has 0 bridgehead atoms. The first-order valence-corrected chi connectivity index (χ1v) is 12.9. The summed E-state index contributed by atoms with van der Waals surface area (Å²) >= 11 is 6.43. The van der Waals surface area contributed by atoms with Crippen LogP contribution in [0.5, 0.6) is 11.5 Å². The third-order valence-corrected chi connectivity index (χ3v) is 7.10. The van der Waals surface area contributed by atoms with E-state index in [9.17, 15) is 14.0 Å². The van der Waals surface area contributed by atoms with Crippen molar-refractivity contribution in [2.45, 2.75) is 38.8 Å². The van der Waals surface area contributed by atoms with Crippen LogP contribution < -0.4 is 14.9 Å². The fourth-order valence-electron chi connectivity index (χ4n) is 4.82. The van der Waals surface area contributed by atoms with E-state index >= 15 is 0 Å². The van der Waals surface area contributed by atoms with Gasteiger partial charge in [0.2, 0.25) is 5.76 Å². The summed E-state index contributed by atoms with van der Waals surface area (Å²) in [5.74, 6) is -0.0297. The molecule has 4 aromatic rings. The fraction of sp³-hybridized carbons (Fsp3) is 0.267. The number of ether oxygens (including phenoxy) is 2. The topological polar surface area (TPSA) is 69.0 Å². The predicted octanol–water partition coefficient (Wildman–Crippen LogP) is 6.91. The molecular weight excluding hydrogens is 509 g/mol. The normalized spacial score (nSPS) is 14.7. The molecule has 8 heteroatoms. The highest BCUT2D eigenvalue weighted by Crippen LogP contribution is 2.42. The molecule has 0 fully saturated rings. The third kappa shape index (κ3) is 4.74. The van der Waals surface area contributed by atoms with Crippen molar-refractivity contribution in [2.75, 3.05) is 13.7 Å². The average Bonchev–Trinajstić information content (AvgIpc) is 3.19. The van der Waals surface area contributed by atoms with Gasteiger partial charge in [0.05, 0.1) is 30.7 Å². The summed E-state index contributed by atoms with van der Waals surface area (Å²) in [7, 11) is 1.54. The highest BCUT2D eigenvalue weighted by atomic mass is 35.5. The van der Waals surface area contributed by atoms with Gasteiger partial charge in [0.25, 0.3) is 5.91 Å². The van der Waals surface area contributed by atoms with Gasteiger partial charge < -0.3 is 18.8 Å². The second-order valence-electron chi connectivity index (χ2n) is 9.21. The molecular formula is C30H27ClFNO5. The molecule has 38 heavy (non-hydrogen) atoms. The molecule has 1 atom stereocenters. The number of amides is 1. The van der Waals surface area contributed by atoms with Crippen LogP contribution in [0.2, 0.25) is 5.02 Å². The van der Waals surface area contributed by atoms with Gasteiger partial charge in [0, 0.05) is 11.6 Å². The zero-order valence-electron chi connectivity index (χ0n) is 21.1. The van der Waals surface area contributed by atoms with Crippen LogP contribution in [0.4, 0.5) is 4.39 Å². The van der Waals surface area contributed by atoms with E-state index in [2.05, 4.69) is 6.92 Å². The second kappa shape index (κ2) is 10.9. The maximum Gasteiger partial charge on any atom is 0.291 e. The van der Waals surface area contributed by atoms with Crippen LogP contribution in [0.3, 0.4) is 0 Å². The standard InChI is InChI=1S/C30H27ClFNO5/c1-3-4-7-14-37-24-12-10-18(15-25(24)36-2)27-26-28(34)21-16-20(32)11-13-23(21)38-29(26)30(35)33(27)17-19-8-5-6-9-22(19)31/h5-6,8-13,15-16,27H,3-4,7,14,17H2,1-2H3. The number of nitrogens with zero attached hydrogens (tertiary/aromatic N) is 1. The summed E-state index contributed by atoms with van der Waals surface area (Å²) in [6.07, 6.45) is 3.06. The zero-order valence-corrected chi connectivity index (χ0v) is 21.9. The number of benzene rings is 3. The lowest BCUT2D eigenvalue weighted by Gasteiger charge is -2.26. The number of methoxy groups -OCH3 is 1. The molecule has 0 radical (unpaired) electrons. The average molecular weight is 536 g/mol. The number of rotatable bonds is 9. The lowest BCUT2D eigenvalue weighted by molar-refractivity contribution is 0.0714. The van der Waals surface area contributed by atoms with Gasteiger partial charge in [-0.3, -0.25) is 9.59 Å². The van der Waals surface area contributed by atoms with E-state index in [1.165, 1.54) is 19.2 Å². The SMILES string of the molecule is CCCCCOc1ccc(C2c3c(oc4ccc(F)cc4c3=O)C(=O)N2Cc2ccccc2Cl)cc1OC. The van der Waals surface area contributed by atoms with Crippen molar-refractivity contribution in [1.82, 2.24) is 4.90 Å². The molecule has 1 unspecified atom stereocenters. The Morgan fingerprint density at radius 3 is 2.61 bits per heavy atom. The van der Waals surface area contributed by atoms with Gasteiger partial charge in [-0.2, -0.15) is 0 Å². The Kier molecular flexibility index (Phi) is 7.38. The van der Waals surface area contributed by atoms with Crippen molar-refractivity contribution < 1.29 is 23.1 Å². The molecule has 2 heterocycles. The quantitative estimate of drug-likeness (QED) is 0.218. The lowest BCUT2D eigenvalue weighted by atomic mass is 9.97. The van der Waals surface area contributed by atoms with Gasteiger partial charge in [-0.05, 0) is 53.9 Å². The molecule has 1 amide bonds. The molecule has 1 aliphatic rings. The molecule has 0 aliphatic carbocycles. The van der Waals surface area contributed by atoms with Crippen LogP contribution in [0.15, 0.2) is 69.9 Å². The predicted molar refractivity (Wildman–Crippen MR) is 144 cm³/mol. The highest BCUT2D eigenvalue weighted by Gasteiger charge is 2.43. The second-order valence-corrected chi connectivity index (χ2v) is 9.61. The van der Waals surface area contributed by atoms with Crippen LogP contribution in [0, 0.1) is 5.82 Å². The summed E-state index contributed by atoms with van der Waals surface area (Å²) in [5.41, 5.74) is 1.19. The van der Waals surface area contributed by atoms with E-state index in [1.54, 1.807) is 35.2 Å². The van der Waals surface area contributed by atoms with E-state index < -0.39 is 23.2 Å². The number of fused-ring (bicyclic) bond motifs is 2. The first kappa shape index (κ1) is 25.8. The van der Waals surface area contributed by atoms with Crippen molar-refractivity contribution >= 4 is 28.5 Å². The summed E-state index contributed by atoms with van der Waals surface area (Å²) < 4.78 is 31.5. The summed E-state index contributed by atoms with van der Waals surface area (Å²) in [4.78, 5) is 29.0. The Morgan fingerprint density at radius 1 is 1.03 bits per heavy atom. The van der Waals surface area contributed by atoms with Crippen molar-refractivity contribution in [3.63, 3.8) is 0 Å². The molecule has 0 saturated heterocycles. The Bertz CT molecular complexity index is 1570. The van der Waals surface area contributed by atoms with E-state index in [1.807, 2.05) is 12.1 Å². The highest BCUT2D eigenvalue weighted by molar-refractivity contribution is 6.31. The molecule has 5 rings (SSSR count). The molecule has 1 aliphatic heterocycles. The Balaban J connectivity index is 1.64. The Morgan fingerprint density at radius 2 is 1.84 bits per heavy atom. The first-order chi connectivity index (χ1) is 18.4. The van der Waals surface area contributed by atoms with Crippen molar-refractivity contribution in [2.24, 2.45) is 0 Å². The van der Waals surface area contributed by atoms with Gasteiger partial charge in [-0.15, -0.1) is 0 Å². The molecule has 1 aromatic heterocycles. The molecule has 196 valence electrons. The van der Waals surface area contributed by atoms with E-state index in [0.717, 1.165) is 25.3 Å². The van der Waals surface area contributed by atoms with Gasteiger partial charge in [0.1, 0.15) is 11.4 Å². The van der Waals surface area contributed by atoms with Gasteiger partial charge >= 0.3 is 0 Å². The van der Waals surface area contributed by atoms with Crippen molar-refractivity contribution in [3.05, 3.63) is 104 Å². The maximum absolute atomic E-state index is 14.1. The summed E-state index contributed by atoms with van der Waals surface area (Å²) in [6, 6.07) is 15.4. The molecule has 0 N–H and O–H groups in total. The Hall–Kier alpha value is -3.84. The van der Waals surface area contributed by atoms with E-state index in [4.69, 9.17) is 25.5 Å². The van der Waals surface area contributed by atoms with E-state index in [-0.39, 0.29) is 28.8 Å². The molecule has 0 spiro atoms. The van der Waals surface area contributed by atoms with Crippen molar-refractivity contribution in [1.29, 1.82) is 0 Å². The first-order valence-electron chi connectivity index (χ1n) is 12.5. The number of hydrogen-bond donors (Lipinski definition) is 0. The summed E-state index contributed by atoms with van der Waals surface area (Å²) in [5, 5.41) is 0.568. The minimum atomic E-state index is -0.805. The largest absolute Gasteiger partial charge is 0.493 e. The molecule has 0 saturated carbocycles. The van der Waals surface area contributed by atoms with Crippen LogP contribution in [-0.2, 0) is 6.54 Å². The fourth-order valence-corrected chi connectivity index (χ4v) is 5.02. The number of carbonyl (C=O) groups excluding carboxylic acids is 1. The third-order valence-electron chi connectivity index (χ3n) is 6.74. The summed E-state index contributed by atoms with van der Waals surface area (Å²) in [6.45, 7) is 2.81. The number of carbonyl (C=O) groups is 1. The van der Waals surface area contributed by atoms with Gasteiger partial charge in [-0.25, -0.2) is 4.39 Å². The molecule has 6 nitrogen and oxygen atoms in total. The minimum Gasteiger partial charge on any atom is -0.493 e. The van der Waals surface area contributed by atoms with Crippen LogP contribution >= 0.6 is 11.6 Å². The number of hydrogen-bond acceptors (Lipinski definition) is 5. The number of unbranched alkanes of at least 4 members (excludes halogenated alkanes) is 2. The smallest absolute Gasteiger partial charge is 0.291 e. The van der Waals surface area contributed by atoms with Crippen LogP contribution in [-0.4, -0.2) is 24.5 Å². The monoisotopic (exact) mass is 535 g/mol.